The van der Waals surface area contributed by atoms with Crippen molar-refractivity contribution >= 4 is 6.29 Å². The van der Waals surface area contributed by atoms with E-state index in [4.69, 9.17) is 4.74 Å². The van der Waals surface area contributed by atoms with Crippen molar-refractivity contribution in [3.05, 3.63) is 29.8 Å². The summed E-state index contributed by atoms with van der Waals surface area (Å²) in [6, 6.07) is 7.41. The van der Waals surface area contributed by atoms with Crippen LogP contribution in [0.3, 0.4) is 0 Å². The molecule has 1 aromatic carbocycles. The van der Waals surface area contributed by atoms with Crippen molar-refractivity contribution in [1.29, 1.82) is 0 Å². The molecule has 0 radical (unpaired) electrons. The van der Waals surface area contributed by atoms with Crippen molar-refractivity contribution in [2.45, 2.75) is 18.6 Å². The number of aryl methyl sites for hydroxylation is 1. The van der Waals surface area contributed by atoms with Crippen molar-refractivity contribution in [1.82, 2.24) is 0 Å². The lowest BCUT2D eigenvalue weighted by Gasteiger charge is -2.29. The largest absolute Gasteiger partial charge is 0.455 e. The number of para-hydroxylation sites is 1. The number of aliphatic hydroxyl groups is 1. The zero-order valence-electron chi connectivity index (χ0n) is 7.06. The highest BCUT2D eigenvalue weighted by Gasteiger charge is 2.33. The van der Waals surface area contributed by atoms with Gasteiger partial charge in [0, 0.05) is 6.42 Å². The second kappa shape index (κ2) is 2.85. The molecule has 0 aromatic heterocycles. The summed E-state index contributed by atoms with van der Waals surface area (Å²) in [5, 5.41) is 9.54. The highest BCUT2D eigenvalue weighted by atomic mass is 16.6. The molecule has 1 heterocycles. The zero-order chi connectivity index (χ0) is 9.31. The maximum absolute atomic E-state index is 10.5. The monoisotopic (exact) mass is 178 g/mol. The van der Waals surface area contributed by atoms with Gasteiger partial charge in [-0.15, -0.1) is 0 Å². The average Bonchev–Trinajstić information content (AvgIpc) is 2.18. The van der Waals surface area contributed by atoms with Gasteiger partial charge in [0.25, 0.3) is 5.79 Å². The van der Waals surface area contributed by atoms with Gasteiger partial charge in [0.05, 0.1) is 0 Å². The number of hydrogen-bond donors (Lipinski definition) is 1. The van der Waals surface area contributed by atoms with Crippen LogP contribution in [0.15, 0.2) is 24.3 Å². The van der Waals surface area contributed by atoms with Crippen LogP contribution in [0.25, 0.3) is 0 Å². The molecule has 1 aliphatic rings. The Morgan fingerprint density at radius 3 is 3.00 bits per heavy atom. The fourth-order valence-corrected chi connectivity index (χ4v) is 1.45. The van der Waals surface area contributed by atoms with Gasteiger partial charge in [-0.1, -0.05) is 18.2 Å². The molecule has 1 aliphatic heterocycles. The van der Waals surface area contributed by atoms with Crippen LogP contribution in [0, 0.1) is 0 Å². The fourth-order valence-electron chi connectivity index (χ4n) is 1.45. The molecule has 0 bridgehead atoms. The lowest BCUT2D eigenvalue weighted by molar-refractivity contribution is -0.163. The summed E-state index contributed by atoms with van der Waals surface area (Å²) in [6.07, 6.45) is 1.45. The third kappa shape index (κ3) is 1.42. The Bertz CT molecular complexity index is 335. The normalized spacial score (nSPS) is 25.9. The molecule has 1 atom stereocenters. The number of fused-ring (bicyclic) bond motifs is 1. The summed E-state index contributed by atoms with van der Waals surface area (Å²) in [4.78, 5) is 10.5. The van der Waals surface area contributed by atoms with Crippen molar-refractivity contribution in [2.24, 2.45) is 0 Å². The number of carbonyl (C=O) groups is 1. The maximum atomic E-state index is 10.5. The quantitative estimate of drug-likeness (QED) is 0.650. The molecule has 3 heteroatoms. The predicted molar refractivity (Wildman–Crippen MR) is 46.4 cm³/mol. The standard InChI is InChI=1S/C10H10O3/c11-7-10(12)6-5-8-3-1-2-4-9(8)13-10/h1-4,7,12H,5-6H2. The van der Waals surface area contributed by atoms with E-state index in [9.17, 15) is 9.90 Å². The molecule has 68 valence electrons. The first kappa shape index (κ1) is 8.26. The molecule has 0 saturated carbocycles. The first-order valence-corrected chi connectivity index (χ1v) is 4.19. The molecule has 0 fully saturated rings. The van der Waals surface area contributed by atoms with Crippen LogP contribution in [-0.4, -0.2) is 17.2 Å². The third-order valence-electron chi connectivity index (χ3n) is 2.20. The number of hydrogen-bond acceptors (Lipinski definition) is 3. The molecule has 1 unspecified atom stereocenters. The number of carbonyl (C=O) groups excluding carboxylic acids is 1. The Morgan fingerprint density at radius 1 is 1.46 bits per heavy atom. The van der Waals surface area contributed by atoms with Gasteiger partial charge in [-0.05, 0) is 18.1 Å². The van der Waals surface area contributed by atoms with E-state index < -0.39 is 5.79 Å². The molecule has 0 spiro atoms. The SMILES string of the molecule is O=CC1(O)CCc2ccccc2O1. The molecule has 2 rings (SSSR count). The van der Waals surface area contributed by atoms with Gasteiger partial charge in [0.1, 0.15) is 5.75 Å². The minimum absolute atomic E-state index is 0.327. The van der Waals surface area contributed by atoms with Crippen molar-refractivity contribution in [3.63, 3.8) is 0 Å². The molecule has 1 aromatic rings. The Kier molecular flexibility index (Phi) is 1.81. The highest BCUT2D eigenvalue weighted by Crippen LogP contribution is 2.30. The first-order chi connectivity index (χ1) is 6.23. The topological polar surface area (TPSA) is 46.5 Å². The smallest absolute Gasteiger partial charge is 0.265 e. The van der Waals surface area contributed by atoms with Gasteiger partial charge in [0.15, 0.2) is 6.29 Å². The van der Waals surface area contributed by atoms with E-state index in [0.717, 1.165) is 5.56 Å². The maximum Gasteiger partial charge on any atom is 0.265 e. The Morgan fingerprint density at radius 2 is 2.23 bits per heavy atom. The van der Waals surface area contributed by atoms with E-state index in [-0.39, 0.29) is 0 Å². The molecular weight excluding hydrogens is 168 g/mol. The van der Waals surface area contributed by atoms with Crippen molar-refractivity contribution < 1.29 is 14.6 Å². The Labute approximate surface area is 76.0 Å². The number of aldehydes is 1. The van der Waals surface area contributed by atoms with Crippen molar-refractivity contribution in [2.75, 3.05) is 0 Å². The van der Waals surface area contributed by atoms with Gasteiger partial charge >= 0.3 is 0 Å². The van der Waals surface area contributed by atoms with Gasteiger partial charge in [-0.2, -0.15) is 0 Å². The number of rotatable bonds is 1. The fraction of sp³-hybridized carbons (Fsp3) is 0.300. The highest BCUT2D eigenvalue weighted by molar-refractivity contribution is 5.61. The van der Waals surface area contributed by atoms with Crippen LogP contribution in [0.2, 0.25) is 0 Å². The van der Waals surface area contributed by atoms with Crippen molar-refractivity contribution in [3.8, 4) is 5.75 Å². The van der Waals surface area contributed by atoms with E-state index in [1.807, 2.05) is 18.2 Å². The third-order valence-corrected chi connectivity index (χ3v) is 2.20. The Hall–Kier alpha value is -1.35. The summed E-state index contributed by atoms with van der Waals surface area (Å²) in [5.74, 6) is -1.02. The summed E-state index contributed by atoms with van der Waals surface area (Å²) >= 11 is 0. The summed E-state index contributed by atoms with van der Waals surface area (Å²) in [7, 11) is 0. The minimum Gasteiger partial charge on any atom is -0.455 e. The van der Waals surface area contributed by atoms with E-state index in [2.05, 4.69) is 0 Å². The average molecular weight is 178 g/mol. The van der Waals surface area contributed by atoms with Gasteiger partial charge in [-0.3, -0.25) is 4.79 Å². The molecule has 13 heavy (non-hydrogen) atoms. The van der Waals surface area contributed by atoms with Crippen LogP contribution in [-0.2, 0) is 11.2 Å². The number of ether oxygens (including phenoxy) is 1. The van der Waals surface area contributed by atoms with Crippen LogP contribution in [0.1, 0.15) is 12.0 Å². The minimum atomic E-state index is -1.62. The molecular formula is C10H10O3. The van der Waals surface area contributed by atoms with E-state index >= 15 is 0 Å². The Balaban J connectivity index is 2.34. The lowest BCUT2D eigenvalue weighted by Crippen LogP contribution is -2.40. The summed E-state index contributed by atoms with van der Waals surface area (Å²) < 4.78 is 5.16. The van der Waals surface area contributed by atoms with Crippen LogP contribution in [0.5, 0.6) is 5.75 Å². The molecule has 0 aliphatic carbocycles. The van der Waals surface area contributed by atoms with Crippen LogP contribution >= 0.6 is 0 Å². The summed E-state index contributed by atoms with van der Waals surface area (Å²) in [5.41, 5.74) is 1.04. The van der Waals surface area contributed by atoms with E-state index in [1.54, 1.807) is 6.07 Å². The number of benzene rings is 1. The zero-order valence-corrected chi connectivity index (χ0v) is 7.06. The van der Waals surface area contributed by atoms with Gasteiger partial charge in [-0.25, -0.2) is 0 Å². The lowest BCUT2D eigenvalue weighted by atomic mass is 10.0. The first-order valence-electron chi connectivity index (χ1n) is 4.19. The van der Waals surface area contributed by atoms with E-state index in [0.29, 0.717) is 24.9 Å². The van der Waals surface area contributed by atoms with Gasteiger partial charge in [0.2, 0.25) is 0 Å². The molecule has 0 saturated heterocycles. The summed E-state index contributed by atoms with van der Waals surface area (Å²) in [6.45, 7) is 0. The molecule has 1 N–H and O–H groups in total. The predicted octanol–water partition coefficient (Wildman–Crippen LogP) is 0.899. The van der Waals surface area contributed by atoms with E-state index in [1.165, 1.54) is 0 Å². The van der Waals surface area contributed by atoms with Crippen LogP contribution in [0.4, 0.5) is 0 Å². The molecule has 0 amide bonds. The second-order valence-corrected chi connectivity index (χ2v) is 3.17. The molecule has 3 nitrogen and oxygen atoms in total. The second-order valence-electron chi connectivity index (χ2n) is 3.17. The van der Waals surface area contributed by atoms with Gasteiger partial charge < -0.3 is 9.84 Å². The van der Waals surface area contributed by atoms with Crippen LogP contribution < -0.4 is 4.74 Å².